The molecule has 0 radical (unpaired) electrons. The topological polar surface area (TPSA) is 68.3 Å². The van der Waals surface area contributed by atoms with E-state index in [1.165, 1.54) is 0 Å². The number of carbonyl (C=O) groups is 1. The van der Waals surface area contributed by atoms with E-state index in [9.17, 15) is 4.79 Å². The van der Waals surface area contributed by atoms with Crippen LogP contribution in [0.5, 0.6) is 0 Å². The van der Waals surface area contributed by atoms with Crippen LogP contribution in [0.4, 0.5) is 0 Å². The van der Waals surface area contributed by atoms with Gasteiger partial charge in [0.25, 0.3) is 0 Å². The van der Waals surface area contributed by atoms with Gasteiger partial charge in [-0.1, -0.05) is 12.1 Å². The Hall–Kier alpha value is -2.56. The number of benzene rings is 1. The quantitative estimate of drug-likeness (QED) is 0.776. The van der Waals surface area contributed by atoms with Crippen molar-refractivity contribution in [3.8, 4) is 11.3 Å². The van der Waals surface area contributed by atoms with Crippen LogP contribution < -0.4 is 0 Å². The van der Waals surface area contributed by atoms with E-state index in [4.69, 9.17) is 9.52 Å². The molecule has 20 heavy (non-hydrogen) atoms. The molecule has 2 aromatic heterocycles. The van der Waals surface area contributed by atoms with Gasteiger partial charge < -0.3 is 9.52 Å². The molecule has 0 saturated carbocycles. The van der Waals surface area contributed by atoms with E-state index >= 15 is 0 Å². The first-order chi connectivity index (χ1) is 9.49. The van der Waals surface area contributed by atoms with Gasteiger partial charge in [0, 0.05) is 18.0 Å². The summed E-state index contributed by atoms with van der Waals surface area (Å²) in [7, 11) is 1.74. The number of aromatic carboxylic acids is 1. The highest BCUT2D eigenvalue weighted by atomic mass is 16.4. The Balaban J connectivity index is 2.32. The maximum atomic E-state index is 11.0. The van der Waals surface area contributed by atoms with Gasteiger partial charge in [-0.15, -0.1) is 0 Å². The van der Waals surface area contributed by atoms with Gasteiger partial charge in [0.1, 0.15) is 11.3 Å². The van der Waals surface area contributed by atoms with E-state index in [1.54, 1.807) is 17.8 Å². The molecule has 1 aromatic carbocycles. The predicted molar refractivity (Wildman–Crippen MR) is 74.8 cm³/mol. The third-order valence-corrected chi connectivity index (χ3v) is 3.57. The standard InChI is InChI=1S/C15H14N2O3/c1-8-9(2)20-13-6-4-5-10(14(8)13)12-7-11(15(18)19)16-17(12)3/h4-7H,1-3H3,(H,18,19). The molecular formula is C15H14N2O3. The first kappa shape index (κ1) is 12.5. The SMILES string of the molecule is Cc1oc2cccc(-c3cc(C(=O)O)nn3C)c2c1C. The number of fused-ring (bicyclic) bond motifs is 1. The van der Waals surface area contributed by atoms with Crippen LogP contribution in [0.25, 0.3) is 22.2 Å². The largest absolute Gasteiger partial charge is 0.476 e. The number of hydrogen-bond donors (Lipinski definition) is 1. The summed E-state index contributed by atoms with van der Waals surface area (Å²) in [5, 5.41) is 14.1. The number of aryl methyl sites for hydroxylation is 3. The van der Waals surface area contributed by atoms with Gasteiger partial charge in [-0.25, -0.2) is 4.79 Å². The molecule has 0 aliphatic heterocycles. The number of aromatic nitrogens is 2. The Labute approximate surface area is 115 Å². The van der Waals surface area contributed by atoms with Crippen LogP contribution in [0.3, 0.4) is 0 Å². The van der Waals surface area contributed by atoms with Crippen molar-refractivity contribution < 1.29 is 14.3 Å². The van der Waals surface area contributed by atoms with Crippen molar-refractivity contribution in [1.82, 2.24) is 9.78 Å². The van der Waals surface area contributed by atoms with E-state index in [0.717, 1.165) is 33.6 Å². The summed E-state index contributed by atoms with van der Waals surface area (Å²) in [5.41, 5.74) is 3.60. The minimum absolute atomic E-state index is 0.0392. The van der Waals surface area contributed by atoms with E-state index in [0.29, 0.717) is 0 Å². The lowest BCUT2D eigenvalue weighted by atomic mass is 10.0. The molecule has 1 N–H and O–H groups in total. The lowest BCUT2D eigenvalue weighted by molar-refractivity contribution is 0.0689. The summed E-state index contributed by atoms with van der Waals surface area (Å²) in [6.45, 7) is 3.92. The minimum Gasteiger partial charge on any atom is -0.476 e. The molecule has 5 nitrogen and oxygen atoms in total. The van der Waals surface area contributed by atoms with Gasteiger partial charge in [-0.3, -0.25) is 4.68 Å². The molecule has 2 heterocycles. The summed E-state index contributed by atoms with van der Waals surface area (Å²) >= 11 is 0. The van der Waals surface area contributed by atoms with Crippen molar-refractivity contribution in [2.24, 2.45) is 7.05 Å². The van der Waals surface area contributed by atoms with Crippen LogP contribution in [-0.4, -0.2) is 20.9 Å². The van der Waals surface area contributed by atoms with E-state index in [1.807, 2.05) is 32.0 Å². The summed E-state index contributed by atoms with van der Waals surface area (Å²) in [6, 6.07) is 7.34. The smallest absolute Gasteiger partial charge is 0.356 e. The second kappa shape index (κ2) is 4.23. The van der Waals surface area contributed by atoms with Gasteiger partial charge in [-0.2, -0.15) is 5.10 Å². The molecule has 102 valence electrons. The summed E-state index contributed by atoms with van der Waals surface area (Å²) < 4.78 is 7.29. The number of hydrogen-bond acceptors (Lipinski definition) is 3. The number of carboxylic acid groups (broad SMARTS) is 1. The molecule has 0 fully saturated rings. The Bertz CT molecular complexity index is 827. The molecule has 3 aromatic rings. The van der Waals surface area contributed by atoms with Gasteiger partial charge in [-0.05, 0) is 31.5 Å². The Morgan fingerprint density at radius 2 is 2.10 bits per heavy atom. The van der Waals surface area contributed by atoms with Crippen molar-refractivity contribution in [2.75, 3.05) is 0 Å². The molecule has 3 rings (SSSR count). The highest BCUT2D eigenvalue weighted by molar-refractivity contribution is 5.97. The number of nitrogens with zero attached hydrogens (tertiary/aromatic N) is 2. The van der Waals surface area contributed by atoms with Crippen molar-refractivity contribution in [3.63, 3.8) is 0 Å². The average Bonchev–Trinajstić information content (AvgIpc) is 2.92. The monoisotopic (exact) mass is 270 g/mol. The van der Waals surface area contributed by atoms with E-state index in [-0.39, 0.29) is 5.69 Å². The first-order valence-electron chi connectivity index (χ1n) is 6.25. The fraction of sp³-hybridized carbons (Fsp3) is 0.200. The lowest BCUT2D eigenvalue weighted by Gasteiger charge is -2.04. The maximum absolute atomic E-state index is 11.0. The highest BCUT2D eigenvalue weighted by Crippen LogP contribution is 2.34. The van der Waals surface area contributed by atoms with E-state index in [2.05, 4.69) is 5.10 Å². The normalized spacial score (nSPS) is 11.2. The Kier molecular flexibility index (Phi) is 2.64. The molecule has 0 amide bonds. The number of rotatable bonds is 2. The molecule has 0 spiro atoms. The second-order valence-corrected chi connectivity index (χ2v) is 4.81. The fourth-order valence-electron chi connectivity index (χ4n) is 2.46. The lowest BCUT2D eigenvalue weighted by Crippen LogP contribution is -1.99. The van der Waals surface area contributed by atoms with Crippen LogP contribution in [-0.2, 0) is 7.05 Å². The zero-order valence-corrected chi connectivity index (χ0v) is 11.5. The van der Waals surface area contributed by atoms with Gasteiger partial charge in [0.15, 0.2) is 5.69 Å². The zero-order valence-electron chi connectivity index (χ0n) is 11.5. The van der Waals surface area contributed by atoms with Gasteiger partial charge in [0.05, 0.1) is 5.69 Å². The second-order valence-electron chi connectivity index (χ2n) is 4.81. The molecule has 0 saturated heterocycles. The minimum atomic E-state index is -1.03. The van der Waals surface area contributed by atoms with Crippen molar-refractivity contribution in [1.29, 1.82) is 0 Å². The average molecular weight is 270 g/mol. The molecule has 0 bridgehead atoms. The van der Waals surface area contributed by atoms with Gasteiger partial charge >= 0.3 is 5.97 Å². The molecule has 5 heteroatoms. The van der Waals surface area contributed by atoms with Crippen molar-refractivity contribution >= 4 is 16.9 Å². The van der Waals surface area contributed by atoms with Crippen LogP contribution in [0.1, 0.15) is 21.8 Å². The van der Waals surface area contributed by atoms with Crippen LogP contribution in [0, 0.1) is 13.8 Å². The fourth-order valence-corrected chi connectivity index (χ4v) is 2.46. The molecular weight excluding hydrogens is 256 g/mol. The third-order valence-electron chi connectivity index (χ3n) is 3.57. The Morgan fingerprint density at radius 1 is 1.35 bits per heavy atom. The molecule has 0 unspecified atom stereocenters. The predicted octanol–water partition coefficient (Wildman–Crippen LogP) is 3.15. The van der Waals surface area contributed by atoms with Crippen LogP contribution in [0.15, 0.2) is 28.7 Å². The van der Waals surface area contributed by atoms with Gasteiger partial charge in [0.2, 0.25) is 0 Å². The molecule has 0 aliphatic carbocycles. The zero-order chi connectivity index (χ0) is 14.4. The third kappa shape index (κ3) is 1.71. The number of furan rings is 1. The summed E-state index contributed by atoms with van der Waals surface area (Å²) in [4.78, 5) is 11.0. The Morgan fingerprint density at radius 3 is 2.75 bits per heavy atom. The maximum Gasteiger partial charge on any atom is 0.356 e. The van der Waals surface area contributed by atoms with Crippen LogP contribution in [0.2, 0.25) is 0 Å². The van der Waals surface area contributed by atoms with Crippen molar-refractivity contribution in [3.05, 3.63) is 41.3 Å². The van der Waals surface area contributed by atoms with Crippen molar-refractivity contribution in [2.45, 2.75) is 13.8 Å². The van der Waals surface area contributed by atoms with Crippen LogP contribution >= 0.6 is 0 Å². The highest BCUT2D eigenvalue weighted by Gasteiger charge is 2.17. The first-order valence-corrected chi connectivity index (χ1v) is 6.25. The number of carboxylic acids is 1. The van der Waals surface area contributed by atoms with E-state index < -0.39 is 5.97 Å². The summed E-state index contributed by atoms with van der Waals surface area (Å²) in [6.07, 6.45) is 0. The molecule has 0 aliphatic rings. The molecule has 0 atom stereocenters. The summed E-state index contributed by atoms with van der Waals surface area (Å²) in [5.74, 6) is -0.160.